The van der Waals surface area contributed by atoms with E-state index in [0.29, 0.717) is 16.7 Å². The molecule has 1 fully saturated rings. The largest absolute Gasteiger partial charge is 0.497 e. The Morgan fingerprint density at radius 1 is 1.31 bits per heavy atom. The van der Waals surface area contributed by atoms with E-state index in [1.807, 2.05) is 5.32 Å². The highest BCUT2D eigenvalue weighted by atomic mass is 32.2. The Morgan fingerprint density at radius 2 is 1.97 bits per heavy atom. The van der Waals surface area contributed by atoms with Crippen molar-refractivity contribution in [2.24, 2.45) is 0 Å². The third kappa shape index (κ3) is 5.87. The number of nitrogens with zero attached hydrogens (tertiary/aromatic N) is 4. The summed E-state index contributed by atoms with van der Waals surface area (Å²) in [6, 6.07) is -1.53. The Bertz CT molecular complexity index is 1280. The molecule has 15 nitrogen and oxygen atoms in total. The van der Waals surface area contributed by atoms with Gasteiger partial charge >= 0.3 is 11.5 Å². The minimum Gasteiger partial charge on any atom is -0.477 e. The molecule has 3 atom stereocenters. The van der Waals surface area contributed by atoms with Gasteiger partial charge in [-0.15, -0.1) is 16.9 Å². The summed E-state index contributed by atoms with van der Waals surface area (Å²) in [5.41, 5.74) is -6.47. The number of nitrogens with one attached hydrogen (secondary N) is 2. The maximum atomic E-state index is 12.6. The van der Waals surface area contributed by atoms with E-state index in [0.717, 1.165) is 11.8 Å². The highest BCUT2D eigenvalue weighted by Gasteiger charge is 2.56. The predicted octanol–water partition coefficient (Wildman–Crippen LogP) is -1.78. The molecule has 0 radical (unpaired) electrons. The minimum atomic E-state index is -5.81. The number of carboxylic acids is 1. The zero-order chi connectivity index (χ0) is 26.3. The quantitative estimate of drug-likeness (QED) is 0.143. The first-order chi connectivity index (χ1) is 16.0. The fraction of sp³-hybridized carbons (Fsp3) is 0.538. The Labute approximate surface area is 201 Å². The van der Waals surface area contributed by atoms with E-state index in [9.17, 15) is 54.0 Å². The number of thioether (sulfide) groups is 2. The highest BCUT2D eigenvalue weighted by Crippen LogP contribution is 2.43. The van der Waals surface area contributed by atoms with Gasteiger partial charge in [-0.3, -0.25) is 19.0 Å². The third-order valence-corrected chi connectivity index (χ3v) is 9.27. The predicted molar refractivity (Wildman–Crippen MR) is 110 cm³/mol. The van der Waals surface area contributed by atoms with Crippen molar-refractivity contribution in [3.8, 4) is 0 Å². The fourth-order valence-electron chi connectivity index (χ4n) is 3.09. The van der Waals surface area contributed by atoms with Crippen LogP contribution in [0.2, 0.25) is 0 Å². The number of H-pyrrole nitrogens is 1. The van der Waals surface area contributed by atoms with Gasteiger partial charge in [0, 0.05) is 5.75 Å². The summed E-state index contributed by atoms with van der Waals surface area (Å²) in [5, 5.41) is 21.6. The molecule has 3 heterocycles. The van der Waals surface area contributed by atoms with Gasteiger partial charge in [-0.2, -0.15) is 21.6 Å². The molecule has 2 unspecified atom stereocenters. The van der Waals surface area contributed by atoms with E-state index in [1.54, 1.807) is 0 Å². The van der Waals surface area contributed by atoms with Crippen LogP contribution in [0.5, 0.6) is 0 Å². The molecule has 194 valence electrons. The lowest BCUT2D eigenvalue weighted by Gasteiger charge is -2.50. The average molecular weight is 583 g/mol. The number of carbonyl (C=O) groups is 3. The lowest BCUT2D eigenvalue weighted by Crippen LogP contribution is -2.71. The lowest BCUT2D eigenvalue weighted by molar-refractivity contribution is -0.150. The van der Waals surface area contributed by atoms with Crippen LogP contribution in [0.25, 0.3) is 0 Å². The van der Waals surface area contributed by atoms with Crippen LogP contribution in [0.3, 0.4) is 0 Å². The van der Waals surface area contributed by atoms with Crippen molar-refractivity contribution in [1.29, 1.82) is 0 Å². The second-order valence-electron chi connectivity index (χ2n) is 6.90. The van der Waals surface area contributed by atoms with E-state index in [-0.39, 0.29) is 16.5 Å². The molecule has 1 aromatic heterocycles. The summed E-state index contributed by atoms with van der Waals surface area (Å²) < 4.78 is 92.1. The van der Waals surface area contributed by atoms with Gasteiger partial charge in [-0.05, 0) is 16.0 Å². The van der Waals surface area contributed by atoms with E-state index in [2.05, 4.69) is 20.6 Å². The first-order valence-electron chi connectivity index (χ1n) is 8.87. The molecule has 22 heteroatoms. The topological polar surface area (TPSA) is 230 Å². The van der Waals surface area contributed by atoms with Crippen LogP contribution in [-0.2, 0) is 34.3 Å². The van der Waals surface area contributed by atoms with E-state index in [1.165, 1.54) is 0 Å². The van der Waals surface area contributed by atoms with Crippen molar-refractivity contribution in [2.45, 2.75) is 27.3 Å². The molecule has 3 rings (SSSR count). The molecule has 2 aliphatic rings. The molecule has 0 aliphatic carbocycles. The molecule has 2 amide bonds. The first kappa shape index (κ1) is 27.2. The number of β-lactam (4-membered cyclic amide) rings is 1. The van der Waals surface area contributed by atoms with Crippen LogP contribution in [0.1, 0.15) is 0 Å². The normalized spacial score (nSPS) is 21.8. The number of hydrogen-bond acceptors (Lipinski definition) is 12. The Morgan fingerprint density at radius 3 is 2.49 bits per heavy atom. The van der Waals surface area contributed by atoms with Crippen molar-refractivity contribution >= 4 is 61.3 Å². The number of tetrazole rings is 1. The zero-order valence-corrected chi connectivity index (χ0v) is 19.9. The second-order valence-corrected chi connectivity index (χ2v) is 12.7. The number of aliphatic carboxylic acids is 1. The summed E-state index contributed by atoms with van der Waals surface area (Å²) in [7, 11) is -10.5. The van der Waals surface area contributed by atoms with Gasteiger partial charge in [0.05, 0.1) is 11.0 Å². The summed E-state index contributed by atoms with van der Waals surface area (Å²) >= 11 is 1.48. The number of carbonyl (C=O) groups excluding carboxylic acids is 2. The third-order valence-electron chi connectivity index (χ3n) is 4.52. The summed E-state index contributed by atoms with van der Waals surface area (Å²) in [6.07, 6.45) is 0. The number of fused-ring (bicyclic) bond motifs is 1. The number of halogens is 3. The molecule has 2 aliphatic heterocycles. The van der Waals surface area contributed by atoms with Crippen molar-refractivity contribution in [3.63, 3.8) is 0 Å². The maximum Gasteiger partial charge on any atom is 0.497 e. The SMILES string of the molecule is O=C(CS(=O)(=O)C(F)(F)F)NC1C(=O)N2C(C(=O)O)=C(C(CS(=O)(=O)O)Sc3nnn[nH]3)CS[C@@H]12. The molecule has 1 saturated heterocycles. The number of carboxylic acid groups (broad SMARTS) is 1. The van der Waals surface area contributed by atoms with Crippen molar-refractivity contribution in [3.05, 3.63) is 11.3 Å². The average Bonchev–Trinajstić information content (AvgIpc) is 3.21. The maximum absolute atomic E-state index is 12.6. The zero-order valence-electron chi connectivity index (χ0n) is 16.7. The molecule has 0 saturated carbocycles. The van der Waals surface area contributed by atoms with Crippen LogP contribution in [-0.4, -0.2) is 109 Å². The molecule has 35 heavy (non-hydrogen) atoms. The molecule has 0 spiro atoms. The van der Waals surface area contributed by atoms with Crippen molar-refractivity contribution in [1.82, 2.24) is 30.8 Å². The van der Waals surface area contributed by atoms with Gasteiger partial charge in [0.15, 0.2) is 0 Å². The number of amides is 2. The van der Waals surface area contributed by atoms with Crippen LogP contribution < -0.4 is 5.32 Å². The summed E-state index contributed by atoms with van der Waals surface area (Å²) in [6.45, 7) is 0. The van der Waals surface area contributed by atoms with Gasteiger partial charge in [0.1, 0.15) is 22.9 Å². The van der Waals surface area contributed by atoms with Crippen LogP contribution in [0.15, 0.2) is 16.4 Å². The minimum absolute atomic E-state index is 0.0334. The number of alkyl halides is 3. The van der Waals surface area contributed by atoms with Gasteiger partial charge in [0.2, 0.25) is 11.1 Å². The van der Waals surface area contributed by atoms with Gasteiger partial charge in [-0.25, -0.2) is 18.3 Å². The Hall–Kier alpha value is -2.43. The van der Waals surface area contributed by atoms with Crippen LogP contribution >= 0.6 is 23.5 Å². The molecular formula is C13H13F3N6O9S4. The number of sulfone groups is 1. The number of aromatic amines is 1. The Balaban J connectivity index is 1.86. The van der Waals surface area contributed by atoms with Crippen LogP contribution in [0, 0.1) is 0 Å². The smallest absolute Gasteiger partial charge is 0.477 e. The van der Waals surface area contributed by atoms with Gasteiger partial charge in [0.25, 0.3) is 25.9 Å². The standard InChI is InChI=1S/C13H13F3N6O9S4/c14-13(15,16)34(27,28)3-6(23)17-7-9(24)22-8(11(25)26)4(1-32-10(7)22)5(2-35(29,30)31)33-12-18-20-21-19-12/h5,7,10H,1-3H2,(H,17,23)(H,25,26)(H,29,30,31)(H,18,19,20,21)/t5?,7?,10-/m0/s1. The fourth-order valence-corrected chi connectivity index (χ4v) is 7.37. The highest BCUT2D eigenvalue weighted by molar-refractivity contribution is 8.01. The summed E-state index contributed by atoms with van der Waals surface area (Å²) in [4.78, 5) is 37.1. The molecule has 1 aromatic rings. The lowest BCUT2D eigenvalue weighted by atomic mass is 10.0. The van der Waals surface area contributed by atoms with Crippen LogP contribution in [0.4, 0.5) is 13.2 Å². The van der Waals surface area contributed by atoms with Gasteiger partial charge < -0.3 is 10.4 Å². The van der Waals surface area contributed by atoms with Gasteiger partial charge in [-0.1, -0.05) is 11.8 Å². The number of rotatable bonds is 9. The van der Waals surface area contributed by atoms with Crippen molar-refractivity contribution < 1.29 is 54.0 Å². The number of hydrogen-bond donors (Lipinski definition) is 4. The van der Waals surface area contributed by atoms with E-state index in [4.69, 9.17) is 0 Å². The molecule has 0 aromatic carbocycles. The van der Waals surface area contributed by atoms with E-state index >= 15 is 0 Å². The Kier molecular flexibility index (Phi) is 7.41. The van der Waals surface area contributed by atoms with E-state index < -0.39 is 77.1 Å². The first-order valence-corrected chi connectivity index (χ1v) is 14.1. The number of aromatic nitrogens is 4. The monoisotopic (exact) mass is 582 g/mol. The second kappa shape index (κ2) is 9.55. The molecular weight excluding hydrogens is 569 g/mol. The molecule has 4 N–H and O–H groups in total. The van der Waals surface area contributed by atoms with Crippen molar-refractivity contribution in [2.75, 3.05) is 17.3 Å². The molecule has 0 bridgehead atoms. The summed E-state index contributed by atoms with van der Waals surface area (Å²) in [5.74, 6) is -7.55.